The zero-order valence-corrected chi connectivity index (χ0v) is 17.4. The van der Waals surface area contributed by atoms with Crippen LogP contribution >= 0.6 is 34.4 Å². The van der Waals surface area contributed by atoms with Gasteiger partial charge in [-0.1, -0.05) is 17.8 Å². The maximum absolute atomic E-state index is 13.1. The second-order valence-electron chi connectivity index (χ2n) is 6.70. The number of rotatable bonds is 7. The Labute approximate surface area is 174 Å². The van der Waals surface area contributed by atoms with E-state index in [1.165, 1.54) is 29.9 Å². The molecule has 1 saturated carbocycles. The standard InChI is InChI=1S/C20H17FN4S3/c21-14-5-3-13(4-6-14)19-22-15(11-27-19)12-28-20-24-23-18(25(20)16-7-8-16)10-17-2-1-9-26-17/h1-6,9,11,16H,7-8,10,12H2. The van der Waals surface area contributed by atoms with Gasteiger partial charge in [-0.15, -0.1) is 32.9 Å². The normalized spacial score (nSPS) is 13.9. The van der Waals surface area contributed by atoms with Gasteiger partial charge in [0.1, 0.15) is 16.6 Å². The number of benzene rings is 1. The second-order valence-corrected chi connectivity index (χ2v) is 9.53. The minimum absolute atomic E-state index is 0.228. The highest BCUT2D eigenvalue weighted by atomic mass is 32.2. The van der Waals surface area contributed by atoms with Crippen molar-refractivity contribution < 1.29 is 4.39 Å². The number of halogens is 1. The van der Waals surface area contributed by atoms with Crippen LogP contribution in [0.2, 0.25) is 0 Å². The van der Waals surface area contributed by atoms with E-state index in [4.69, 9.17) is 4.98 Å². The monoisotopic (exact) mass is 428 g/mol. The lowest BCUT2D eigenvalue weighted by atomic mass is 10.2. The molecule has 4 aromatic rings. The van der Waals surface area contributed by atoms with Crippen molar-refractivity contribution in [2.75, 3.05) is 0 Å². The molecule has 0 aliphatic heterocycles. The van der Waals surface area contributed by atoms with Crippen LogP contribution in [-0.4, -0.2) is 19.7 Å². The van der Waals surface area contributed by atoms with Crippen LogP contribution in [0.3, 0.4) is 0 Å². The molecule has 1 fully saturated rings. The predicted molar refractivity (Wildman–Crippen MR) is 112 cm³/mol. The molecular weight excluding hydrogens is 411 g/mol. The third-order valence-electron chi connectivity index (χ3n) is 4.55. The molecule has 28 heavy (non-hydrogen) atoms. The Bertz CT molecular complexity index is 1070. The van der Waals surface area contributed by atoms with Gasteiger partial charge in [-0.25, -0.2) is 9.37 Å². The van der Waals surface area contributed by atoms with Gasteiger partial charge in [-0.2, -0.15) is 0 Å². The first-order valence-corrected chi connectivity index (χ1v) is 11.8. The lowest BCUT2D eigenvalue weighted by Gasteiger charge is -2.07. The Hall–Kier alpha value is -2.03. The molecule has 3 heterocycles. The molecule has 0 bridgehead atoms. The Kier molecular flexibility index (Phi) is 5.00. The molecule has 0 unspecified atom stereocenters. The van der Waals surface area contributed by atoms with Crippen LogP contribution < -0.4 is 0 Å². The van der Waals surface area contributed by atoms with Crippen molar-refractivity contribution >= 4 is 34.4 Å². The molecule has 0 spiro atoms. The van der Waals surface area contributed by atoms with Crippen molar-refractivity contribution in [1.29, 1.82) is 0 Å². The van der Waals surface area contributed by atoms with E-state index in [1.807, 2.05) is 0 Å². The largest absolute Gasteiger partial charge is 0.303 e. The van der Waals surface area contributed by atoms with Crippen LogP contribution in [0, 0.1) is 5.82 Å². The first kappa shape index (κ1) is 18.0. The molecule has 0 saturated heterocycles. The van der Waals surface area contributed by atoms with Gasteiger partial charge in [0, 0.05) is 34.0 Å². The SMILES string of the molecule is Fc1ccc(-c2nc(CSc3nnc(Cc4cccs4)n3C3CC3)cs2)cc1. The summed E-state index contributed by atoms with van der Waals surface area (Å²) in [6, 6.07) is 11.2. The molecule has 1 aromatic carbocycles. The van der Waals surface area contributed by atoms with E-state index in [0.717, 1.165) is 39.4 Å². The van der Waals surface area contributed by atoms with Crippen LogP contribution in [0.1, 0.15) is 35.3 Å². The van der Waals surface area contributed by atoms with Crippen LogP contribution in [-0.2, 0) is 12.2 Å². The molecule has 0 amide bonds. The van der Waals surface area contributed by atoms with E-state index in [1.54, 1.807) is 46.6 Å². The number of hydrogen-bond donors (Lipinski definition) is 0. The van der Waals surface area contributed by atoms with E-state index in [9.17, 15) is 4.39 Å². The summed E-state index contributed by atoms with van der Waals surface area (Å²) in [4.78, 5) is 6.02. The highest BCUT2D eigenvalue weighted by Crippen LogP contribution is 2.40. The number of thiazole rings is 1. The lowest BCUT2D eigenvalue weighted by Crippen LogP contribution is -2.03. The van der Waals surface area contributed by atoms with Crippen molar-refractivity contribution in [1.82, 2.24) is 19.7 Å². The number of aromatic nitrogens is 4. The summed E-state index contributed by atoms with van der Waals surface area (Å²) in [6.07, 6.45) is 3.25. The van der Waals surface area contributed by atoms with Gasteiger partial charge in [-0.3, -0.25) is 0 Å². The van der Waals surface area contributed by atoms with E-state index < -0.39 is 0 Å². The van der Waals surface area contributed by atoms with Gasteiger partial charge in [0.15, 0.2) is 5.16 Å². The third-order valence-corrected chi connectivity index (χ3v) is 7.34. The number of nitrogens with zero attached hydrogens (tertiary/aromatic N) is 4. The molecule has 1 aliphatic rings. The third kappa shape index (κ3) is 3.90. The number of thiophene rings is 1. The second kappa shape index (κ2) is 7.77. The Balaban J connectivity index is 1.30. The van der Waals surface area contributed by atoms with E-state index in [0.29, 0.717) is 6.04 Å². The Morgan fingerprint density at radius 1 is 1.11 bits per heavy atom. The highest BCUT2D eigenvalue weighted by Gasteiger charge is 2.29. The van der Waals surface area contributed by atoms with E-state index in [-0.39, 0.29) is 5.82 Å². The molecular formula is C20H17FN4S3. The zero-order chi connectivity index (χ0) is 18.9. The minimum atomic E-state index is -0.228. The first-order valence-electron chi connectivity index (χ1n) is 9.05. The van der Waals surface area contributed by atoms with Gasteiger partial charge in [0.05, 0.1) is 5.69 Å². The maximum atomic E-state index is 13.1. The molecule has 0 N–H and O–H groups in total. The quantitative estimate of drug-likeness (QED) is 0.348. The fourth-order valence-electron chi connectivity index (χ4n) is 3.03. The van der Waals surface area contributed by atoms with Crippen LogP contribution in [0.4, 0.5) is 4.39 Å². The summed E-state index contributed by atoms with van der Waals surface area (Å²) in [5, 5.41) is 15.0. The smallest absolute Gasteiger partial charge is 0.191 e. The first-order chi connectivity index (χ1) is 13.8. The van der Waals surface area contributed by atoms with Crippen LogP contribution in [0.5, 0.6) is 0 Å². The topological polar surface area (TPSA) is 43.6 Å². The number of thioether (sulfide) groups is 1. The highest BCUT2D eigenvalue weighted by molar-refractivity contribution is 7.98. The fourth-order valence-corrected chi connectivity index (χ4v) is 5.58. The van der Waals surface area contributed by atoms with Gasteiger partial charge >= 0.3 is 0 Å². The van der Waals surface area contributed by atoms with Crippen molar-refractivity contribution in [2.45, 2.75) is 36.2 Å². The summed E-state index contributed by atoms with van der Waals surface area (Å²) in [5.74, 6) is 1.58. The zero-order valence-electron chi connectivity index (χ0n) is 14.9. The summed E-state index contributed by atoms with van der Waals surface area (Å²) >= 11 is 5.04. The fraction of sp³-hybridized carbons (Fsp3) is 0.250. The van der Waals surface area contributed by atoms with Crippen LogP contribution in [0.25, 0.3) is 10.6 Å². The molecule has 142 valence electrons. The summed E-state index contributed by atoms with van der Waals surface area (Å²) in [7, 11) is 0. The average Bonchev–Trinajstić information content (AvgIpc) is 3.11. The summed E-state index contributed by atoms with van der Waals surface area (Å²) in [5.41, 5.74) is 1.96. The van der Waals surface area contributed by atoms with Crippen LogP contribution in [0.15, 0.2) is 52.3 Å². The van der Waals surface area contributed by atoms with E-state index >= 15 is 0 Å². The number of hydrogen-bond acceptors (Lipinski definition) is 6. The van der Waals surface area contributed by atoms with Gasteiger partial charge < -0.3 is 4.57 Å². The van der Waals surface area contributed by atoms with Gasteiger partial charge in [0.25, 0.3) is 0 Å². The molecule has 1 aliphatic carbocycles. The maximum Gasteiger partial charge on any atom is 0.191 e. The molecule has 0 radical (unpaired) electrons. The van der Waals surface area contributed by atoms with Crippen molar-refractivity contribution in [3.05, 3.63) is 69.4 Å². The molecule has 8 heteroatoms. The van der Waals surface area contributed by atoms with Crippen molar-refractivity contribution in [3.63, 3.8) is 0 Å². The average molecular weight is 429 g/mol. The Morgan fingerprint density at radius 3 is 2.71 bits per heavy atom. The molecule has 0 atom stereocenters. The van der Waals surface area contributed by atoms with Gasteiger partial charge in [-0.05, 0) is 48.6 Å². The minimum Gasteiger partial charge on any atom is -0.303 e. The molecule has 3 aromatic heterocycles. The van der Waals surface area contributed by atoms with E-state index in [2.05, 4.69) is 37.7 Å². The van der Waals surface area contributed by atoms with Crippen molar-refractivity contribution in [2.24, 2.45) is 0 Å². The molecule has 5 rings (SSSR count). The summed E-state index contributed by atoms with van der Waals surface area (Å²) in [6.45, 7) is 0. The van der Waals surface area contributed by atoms with Crippen molar-refractivity contribution in [3.8, 4) is 10.6 Å². The predicted octanol–water partition coefficient (Wildman–Crippen LogP) is 5.82. The van der Waals surface area contributed by atoms with Gasteiger partial charge in [0.2, 0.25) is 0 Å². The Morgan fingerprint density at radius 2 is 1.96 bits per heavy atom. The lowest BCUT2D eigenvalue weighted by molar-refractivity contribution is 0.628. The molecule has 4 nitrogen and oxygen atoms in total. The summed E-state index contributed by atoms with van der Waals surface area (Å²) < 4.78 is 15.4.